The minimum atomic E-state index is 0.468. The first-order valence-electron chi connectivity index (χ1n) is 5.42. The molecule has 2 aromatic rings. The lowest BCUT2D eigenvalue weighted by Crippen LogP contribution is -2.06. The predicted molar refractivity (Wildman–Crippen MR) is 73.1 cm³/mol. The molecule has 0 radical (unpaired) electrons. The topological polar surface area (TPSA) is 50.7 Å². The molecule has 2 rings (SSSR count). The van der Waals surface area contributed by atoms with Gasteiger partial charge in [-0.05, 0) is 26.0 Å². The van der Waals surface area contributed by atoms with Crippen molar-refractivity contribution in [2.24, 2.45) is 0 Å². The Morgan fingerprint density at radius 2 is 2.00 bits per heavy atom. The van der Waals surface area contributed by atoms with Gasteiger partial charge in [-0.3, -0.25) is 4.98 Å². The zero-order valence-corrected chi connectivity index (χ0v) is 11.5. The molecule has 0 saturated heterocycles. The van der Waals surface area contributed by atoms with E-state index in [1.54, 1.807) is 18.3 Å². The summed E-state index contributed by atoms with van der Waals surface area (Å²) in [4.78, 5) is 12.6. The van der Waals surface area contributed by atoms with Gasteiger partial charge in [0.2, 0.25) is 0 Å². The van der Waals surface area contributed by atoms with Crippen LogP contribution in [0.4, 0.5) is 5.82 Å². The van der Waals surface area contributed by atoms with Crippen molar-refractivity contribution < 1.29 is 0 Å². The molecule has 6 heteroatoms. The summed E-state index contributed by atoms with van der Waals surface area (Å²) < 4.78 is 0. The van der Waals surface area contributed by atoms with Crippen LogP contribution < -0.4 is 5.32 Å². The molecule has 0 aromatic carbocycles. The molecule has 0 unspecified atom stereocenters. The largest absolute Gasteiger partial charge is 0.363 e. The zero-order chi connectivity index (χ0) is 13.1. The highest BCUT2D eigenvalue weighted by Gasteiger charge is 2.08. The summed E-state index contributed by atoms with van der Waals surface area (Å²) >= 11 is 12.2. The van der Waals surface area contributed by atoms with Crippen molar-refractivity contribution in [3.63, 3.8) is 0 Å². The second-order valence-corrected chi connectivity index (χ2v) is 4.59. The van der Waals surface area contributed by atoms with E-state index in [-0.39, 0.29) is 0 Å². The molecule has 0 fully saturated rings. The highest BCUT2D eigenvalue weighted by atomic mass is 35.5. The maximum atomic E-state index is 6.13. The fourth-order valence-electron chi connectivity index (χ4n) is 1.53. The highest BCUT2D eigenvalue weighted by molar-refractivity contribution is 6.33. The van der Waals surface area contributed by atoms with E-state index in [9.17, 15) is 0 Å². The van der Waals surface area contributed by atoms with Gasteiger partial charge in [0.05, 0.1) is 23.0 Å². The normalized spacial score (nSPS) is 10.4. The smallest absolute Gasteiger partial charge is 0.149 e. The van der Waals surface area contributed by atoms with Crippen LogP contribution in [0.1, 0.15) is 17.2 Å². The first-order chi connectivity index (χ1) is 8.58. The molecular weight excluding hydrogens is 271 g/mol. The molecule has 94 valence electrons. The van der Waals surface area contributed by atoms with Crippen LogP contribution in [0.2, 0.25) is 10.0 Å². The first-order valence-corrected chi connectivity index (χ1v) is 6.17. The van der Waals surface area contributed by atoms with E-state index >= 15 is 0 Å². The molecule has 2 heterocycles. The van der Waals surface area contributed by atoms with Crippen molar-refractivity contribution in [3.8, 4) is 0 Å². The third kappa shape index (κ3) is 2.89. The van der Waals surface area contributed by atoms with Crippen LogP contribution in [-0.2, 0) is 6.54 Å². The number of hydrogen-bond acceptors (Lipinski definition) is 4. The molecule has 0 aliphatic heterocycles. The number of nitrogens with one attached hydrogen (secondary N) is 1. The Labute approximate surface area is 115 Å². The van der Waals surface area contributed by atoms with E-state index in [4.69, 9.17) is 23.2 Å². The second kappa shape index (κ2) is 5.50. The number of nitrogens with zero attached hydrogens (tertiary/aromatic N) is 3. The van der Waals surface area contributed by atoms with Gasteiger partial charge in [0.25, 0.3) is 0 Å². The van der Waals surface area contributed by atoms with Crippen LogP contribution in [0.15, 0.2) is 18.3 Å². The molecule has 4 nitrogen and oxygen atoms in total. The fourth-order valence-corrected chi connectivity index (χ4v) is 1.87. The van der Waals surface area contributed by atoms with Gasteiger partial charge in [-0.2, -0.15) is 0 Å². The first kappa shape index (κ1) is 13.1. The second-order valence-electron chi connectivity index (χ2n) is 3.80. The standard InChI is InChI=1S/C12H12Cl2N4/c1-7-11(14)12(18-8(2)17-7)16-6-10-9(13)4-3-5-15-10/h3-5H,6H2,1-2H3,(H,16,17,18). The number of aromatic nitrogens is 3. The van der Waals surface area contributed by atoms with Gasteiger partial charge in [0, 0.05) is 6.20 Å². The summed E-state index contributed by atoms with van der Waals surface area (Å²) in [6, 6.07) is 3.58. The summed E-state index contributed by atoms with van der Waals surface area (Å²) in [5, 5.41) is 4.26. The number of rotatable bonds is 3. The summed E-state index contributed by atoms with van der Waals surface area (Å²) in [6.45, 7) is 4.13. The average molecular weight is 283 g/mol. The summed E-state index contributed by atoms with van der Waals surface area (Å²) in [7, 11) is 0. The Bertz CT molecular complexity index is 572. The average Bonchev–Trinajstić information content (AvgIpc) is 2.33. The molecule has 0 amide bonds. The van der Waals surface area contributed by atoms with Gasteiger partial charge in [0.1, 0.15) is 16.7 Å². The number of anilines is 1. The highest BCUT2D eigenvalue weighted by Crippen LogP contribution is 2.23. The Balaban J connectivity index is 2.18. The maximum Gasteiger partial charge on any atom is 0.149 e. The van der Waals surface area contributed by atoms with Crippen LogP contribution in [-0.4, -0.2) is 15.0 Å². The van der Waals surface area contributed by atoms with Crippen molar-refractivity contribution in [3.05, 3.63) is 45.6 Å². The van der Waals surface area contributed by atoms with Crippen molar-refractivity contribution in [1.29, 1.82) is 0 Å². The molecular formula is C12H12Cl2N4. The lowest BCUT2D eigenvalue weighted by Gasteiger charge is -2.10. The molecule has 0 bridgehead atoms. The number of halogens is 2. The summed E-state index contributed by atoms with van der Waals surface area (Å²) in [5.41, 5.74) is 1.50. The SMILES string of the molecule is Cc1nc(C)c(Cl)c(NCc2ncccc2Cl)n1. The molecule has 0 saturated carbocycles. The van der Waals surface area contributed by atoms with E-state index in [1.165, 1.54) is 0 Å². The number of aryl methyl sites for hydroxylation is 2. The Morgan fingerprint density at radius 3 is 2.72 bits per heavy atom. The lowest BCUT2D eigenvalue weighted by molar-refractivity contribution is 0.975. The van der Waals surface area contributed by atoms with Crippen molar-refractivity contribution in [1.82, 2.24) is 15.0 Å². The van der Waals surface area contributed by atoms with Gasteiger partial charge in [-0.1, -0.05) is 23.2 Å². The monoisotopic (exact) mass is 282 g/mol. The number of hydrogen-bond donors (Lipinski definition) is 1. The van der Waals surface area contributed by atoms with Gasteiger partial charge in [-0.25, -0.2) is 9.97 Å². The Hall–Kier alpha value is -1.39. The predicted octanol–water partition coefficient (Wildman–Crippen LogP) is 3.41. The van der Waals surface area contributed by atoms with Crippen molar-refractivity contribution >= 4 is 29.0 Å². The summed E-state index contributed by atoms with van der Waals surface area (Å²) in [5.74, 6) is 1.27. The van der Waals surface area contributed by atoms with Crippen LogP contribution in [0.3, 0.4) is 0 Å². The van der Waals surface area contributed by atoms with E-state index in [0.29, 0.717) is 28.2 Å². The molecule has 2 aromatic heterocycles. The molecule has 0 spiro atoms. The number of pyridine rings is 1. The fraction of sp³-hybridized carbons (Fsp3) is 0.250. The van der Waals surface area contributed by atoms with Gasteiger partial charge < -0.3 is 5.32 Å². The van der Waals surface area contributed by atoms with E-state index < -0.39 is 0 Å². The van der Waals surface area contributed by atoms with Crippen molar-refractivity contribution in [2.75, 3.05) is 5.32 Å². The lowest BCUT2D eigenvalue weighted by atomic mass is 10.3. The van der Waals surface area contributed by atoms with E-state index in [1.807, 2.05) is 13.8 Å². The minimum absolute atomic E-state index is 0.468. The van der Waals surface area contributed by atoms with Crippen LogP contribution in [0.5, 0.6) is 0 Å². The Morgan fingerprint density at radius 1 is 1.22 bits per heavy atom. The van der Waals surface area contributed by atoms with Crippen LogP contribution >= 0.6 is 23.2 Å². The Kier molecular flexibility index (Phi) is 3.99. The third-order valence-electron chi connectivity index (χ3n) is 2.39. The minimum Gasteiger partial charge on any atom is -0.363 e. The molecule has 0 atom stereocenters. The van der Waals surface area contributed by atoms with Gasteiger partial charge in [-0.15, -0.1) is 0 Å². The van der Waals surface area contributed by atoms with E-state index in [0.717, 1.165) is 11.4 Å². The molecule has 18 heavy (non-hydrogen) atoms. The maximum absolute atomic E-state index is 6.13. The van der Waals surface area contributed by atoms with Crippen LogP contribution in [0.25, 0.3) is 0 Å². The molecule has 1 N–H and O–H groups in total. The van der Waals surface area contributed by atoms with Gasteiger partial charge in [0.15, 0.2) is 0 Å². The third-order valence-corrected chi connectivity index (χ3v) is 3.18. The van der Waals surface area contributed by atoms with Crippen molar-refractivity contribution in [2.45, 2.75) is 20.4 Å². The van der Waals surface area contributed by atoms with E-state index in [2.05, 4.69) is 20.3 Å². The molecule has 0 aliphatic carbocycles. The quantitative estimate of drug-likeness (QED) is 0.937. The summed E-state index contributed by atoms with van der Waals surface area (Å²) in [6.07, 6.45) is 1.70. The zero-order valence-electron chi connectivity index (χ0n) is 10.0. The van der Waals surface area contributed by atoms with Gasteiger partial charge >= 0.3 is 0 Å². The van der Waals surface area contributed by atoms with Crippen LogP contribution in [0, 0.1) is 13.8 Å². The molecule has 0 aliphatic rings.